The third kappa shape index (κ3) is 4.78. The Labute approximate surface area is 208 Å². The van der Waals surface area contributed by atoms with E-state index in [4.69, 9.17) is 9.15 Å². The molecular formula is C24H14FN5O4S2. The molecule has 0 unspecified atom stereocenters. The molecule has 0 bridgehead atoms. The Balaban J connectivity index is 1.51. The number of benzene rings is 1. The summed E-state index contributed by atoms with van der Waals surface area (Å²) < 4.78 is 52.6. The third-order valence-corrected chi connectivity index (χ3v) is 7.13. The van der Waals surface area contributed by atoms with Crippen molar-refractivity contribution < 1.29 is 22.0 Å². The number of nitrogens with zero attached hydrogens (tertiary/aromatic N) is 4. The first-order chi connectivity index (χ1) is 17.4. The number of furan rings is 1. The largest absolute Gasteiger partial charge is 0.472 e. The van der Waals surface area contributed by atoms with E-state index in [0.717, 1.165) is 11.3 Å². The van der Waals surface area contributed by atoms with E-state index in [2.05, 4.69) is 19.7 Å². The number of rotatable bonds is 7. The molecule has 36 heavy (non-hydrogen) atoms. The zero-order valence-electron chi connectivity index (χ0n) is 18.1. The first-order valence-corrected chi connectivity index (χ1v) is 12.6. The number of thiazole rings is 1. The van der Waals surface area contributed by atoms with Crippen LogP contribution in [-0.4, -0.2) is 23.4 Å². The van der Waals surface area contributed by atoms with Crippen LogP contribution in [0.5, 0.6) is 11.5 Å². The van der Waals surface area contributed by atoms with Gasteiger partial charge in [-0.15, -0.1) is 11.3 Å². The topological polar surface area (TPSA) is 131 Å². The lowest BCUT2D eigenvalue weighted by atomic mass is 10.1. The number of sulfonamides is 1. The van der Waals surface area contributed by atoms with E-state index in [1.807, 2.05) is 6.07 Å². The fourth-order valence-corrected chi connectivity index (χ4v) is 5.12. The molecule has 1 aromatic carbocycles. The van der Waals surface area contributed by atoms with Crippen LogP contribution in [-0.2, 0) is 10.0 Å². The van der Waals surface area contributed by atoms with Crippen molar-refractivity contribution in [1.82, 2.24) is 15.0 Å². The summed E-state index contributed by atoms with van der Waals surface area (Å²) in [6, 6.07) is 12.2. The number of aromatic nitrogens is 3. The molecule has 5 rings (SSSR count). The molecule has 4 heterocycles. The van der Waals surface area contributed by atoms with E-state index >= 15 is 0 Å². The number of ether oxygens (including phenoxy) is 1. The van der Waals surface area contributed by atoms with Gasteiger partial charge in [0.05, 0.1) is 34.9 Å². The molecule has 9 nitrogen and oxygen atoms in total. The molecule has 0 spiro atoms. The summed E-state index contributed by atoms with van der Waals surface area (Å²) in [6.07, 6.45) is 7.24. The molecule has 0 saturated heterocycles. The Kier molecular flexibility index (Phi) is 6.16. The van der Waals surface area contributed by atoms with Gasteiger partial charge in [0.15, 0.2) is 10.9 Å². The second kappa shape index (κ2) is 9.57. The second-order valence-electron chi connectivity index (χ2n) is 7.26. The molecular weight excluding hydrogens is 505 g/mol. The Morgan fingerprint density at radius 1 is 1.03 bits per heavy atom. The number of nitrogens with one attached hydrogen (secondary N) is 1. The minimum absolute atomic E-state index is 0.00422. The van der Waals surface area contributed by atoms with Gasteiger partial charge in [0.2, 0.25) is 5.95 Å². The number of nitriles is 1. The SMILES string of the molecule is N#Cc1cc(S(=O)(=O)Nc2nccs2)ccc1Oc1cnc(-c2ccnc(F)c2)cc1-c1ccoc1. The highest BCUT2D eigenvalue weighted by Gasteiger charge is 2.20. The van der Waals surface area contributed by atoms with Crippen molar-refractivity contribution in [2.75, 3.05) is 4.72 Å². The molecule has 12 heteroatoms. The van der Waals surface area contributed by atoms with Crippen molar-refractivity contribution in [1.29, 1.82) is 5.26 Å². The van der Waals surface area contributed by atoms with Crippen LogP contribution >= 0.6 is 11.3 Å². The summed E-state index contributed by atoms with van der Waals surface area (Å²) in [5.74, 6) is -0.236. The quantitative estimate of drug-likeness (QED) is 0.280. The Hall–Kier alpha value is -4.60. The maximum atomic E-state index is 13.6. The van der Waals surface area contributed by atoms with Gasteiger partial charge in [0.1, 0.15) is 11.8 Å². The summed E-state index contributed by atoms with van der Waals surface area (Å²) in [5, 5.41) is 11.5. The Morgan fingerprint density at radius 3 is 2.64 bits per heavy atom. The molecule has 4 aromatic heterocycles. The summed E-state index contributed by atoms with van der Waals surface area (Å²) in [5.41, 5.74) is 2.20. The lowest BCUT2D eigenvalue weighted by Crippen LogP contribution is -2.13. The standard InChI is InChI=1S/C24H14FN5O4S2/c25-23-10-15(3-5-27-23)20-11-19(16-4-7-33-14-16)22(13-29-20)34-21-2-1-18(9-17(21)12-26)36(31,32)30-24-28-6-8-35-24/h1-11,13-14H,(H,28,30). The zero-order valence-corrected chi connectivity index (χ0v) is 19.8. The first-order valence-electron chi connectivity index (χ1n) is 10.2. The molecule has 0 aliphatic rings. The smallest absolute Gasteiger partial charge is 0.263 e. The molecule has 0 aliphatic heterocycles. The van der Waals surface area contributed by atoms with Crippen molar-refractivity contribution in [3.05, 3.63) is 90.5 Å². The van der Waals surface area contributed by atoms with Gasteiger partial charge in [-0.25, -0.2) is 18.4 Å². The van der Waals surface area contributed by atoms with Crippen molar-refractivity contribution in [2.45, 2.75) is 4.90 Å². The van der Waals surface area contributed by atoms with Crippen LogP contribution in [0.15, 0.2) is 88.3 Å². The minimum Gasteiger partial charge on any atom is -0.472 e. The molecule has 0 aliphatic carbocycles. The van der Waals surface area contributed by atoms with Gasteiger partial charge in [-0.3, -0.25) is 9.71 Å². The van der Waals surface area contributed by atoms with Crippen LogP contribution in [0.4, 0.5) is 9.52 Å². The van der Waals surface area contributed by atoms with E-state index in [-0.39, 0.29) is 27.1 Å². The number of halogens is 1. The molecule has 0 amide bonds. The van der Waals surface area contributed by atoms with Crippen LogP contribution in [0, 0.1) is 17.3 Å². The van der Waals surface area contributed by atoms with Crippen molar-refractivity contribution in [3.63, 3.8) is 0 Å². The van der Waals surface area contributed by atoms with Crippen molar-refractivity contribution in [2.24, 2.45) is 0 Å². The molecule has 0 fully saturated rings. The van der Waals surface area contributed by atoms with E-state index in [1.54, 1.807) is 23.6 Å². The Bertz CT molecular complexity index is 1680. The molecule has 1 N–H and O–H groups in total. The predicted octanol–water partition coefficient (Wildman–Crippen LogP) is 5.46. The van der Waals surface area contributed by atoms with Gasteiger partial charge >= 0.3 is 0 Å². The minimum atomic E-state index is -3.96. The fraction of sp³-hybridized carbons (Fsp3) is 0. The maximum absolute atomic E-state index is 13.6. The molecule has 0 saturated carbocycles. The lowest BCUT2D eigenvalue weighted by molar-refractivity contribution is 0.480. The van der Waals surface area contributed by atoms with Crippen LogP contribution in [0.25, 0.3) is 22.4 Å². The average Bonchev–Trinajstić information content (AvgIpc) is 3.59. The summed E-state index contributed by atoms with van der Waals surface area (Å²) >= 11 is 1.13. The van der Waals surface area contributed by atoms with Crippen LogP contribution < -0.4 is 9.46 Å². The molecule has 0 radical (unpaired) electrons. The maximum Gasteiger partial charge on any atom is 0.263 e. The Morgan fingerprint density at radius 2 is 1.92 bits per heavy atom. The van der Waals surface area contributed by atoms with E-state index in [0.29, 0.717) is 22.4 Å². The summed E-state index contributed by atoms with van der Waals surface area (Å²) in [6.45, 7) is 0. The van der Waals surface area contributed by atoms with Crippen LogP contribution in [0.3, 0.4) is 0 Å². The van der Waals surface area contributed by atoms with Gasteiger partial charge in [-0.1, -0.05) is 0 Å². The highest BCUT2D eigenvalue weighted by atomic mass is 32.2. The lowest BCUT2D eigenvalue weighted by Gasteiger charge is -2.13. The number of hydrogen-bond acceptors (Lipinski definition) is 9. The third-order valence-electron chi connectivity index (χ3n) is 4.98. The van der Waals surface area contributed by atoms with Crippen molar-refractivity contribution in [3.8, 4) is 40.0 Å². The summed E-state index contributed by atoms with van der Waals surface area (Å²) in [4.78, 5) is 11.7. The monoisotopic (exact) mass is 519 g/mol. The molecule has 0 atom stereocenters. The summed E-state index contributed by atoms with van der Waals surface area (Å²) in [7, 11) is -3.96. The van der Waals surface area contributed by atoms with Gasteiger partial charge in [0.25, 0.3) is 10.0 Å². The van der Waals surface area contributed by atoms with E-state index in [9.17, 15) is 18.1 Å². The van der Waals surface area contributed by atoms with E-state index in [1.165, 1.54) is 55.4 Å². The van der Waals surface area contributed by atoms with Crippen LogP contribution in [0.2, 0.25) is 0 Å². The first kappa shape index (κ1) is 23.2. The second-order valence-corrected chi connectivity index (χ2v) is 9.84. The van der Waals surface area contributed by atoms with Gasteiger partial charge in [-0.05, 0) is 36.4 Å². The van der Waals surface area contributed by atoms with E-state index < -0.39 is 16.0 Å². The number of pyridine rings is 2. The van der Waals surface area contributed by atoms with Crippen LogP contribution in [0.1, 0.15) is 5.56 Å². The predicted molar refractivity (Wildman–Crippen MR) is 129 cm³/mol. The zero-order chi connectivity index (χ0) is 25.1. The molecule has 178 valence electrons. The highest BCUT2D eigenvalue weighted by Crippen LogP contribution is 2.37. The highest BCUT2D eigenvalue weighted by molar-refractivity contribution is 7.93. The fourth-order valence-electron chi connectivity index (χ4n) is 3.31. The normalized spacial score (nSPS) is 11.1. The number of anilines is 1. The number of hydrogen-bond donors (Lipinski definition) is 1. The van der Waals surface area contributed by atoms with Gasteiger partial charge in [-0.2, -0.15) is 9.65 Å². The van der Waals surface area contributed by atoms with Gasteiger partial charge < -0.3 is 9.15 Å². The molecule has 5 aromatic rings. The average molecular weight is 520 g/mol. The van der Waals surface area contributed by atoms with Gasteiger partial charge in [0, 0.05) is 40.5 Å². The van der Waals surface area contributed by atoms with Crippen molar-refractivity contribution >= 4 is 26.5 Å².